The summed E-state index contributed by atoms with van der Waals surface area (Å²) in [6.45, 7) is 4.24. The van der Waals surface area contributed by atoms with Crippen LogP contribution in [-0.2, 0) is 16.2 Å². The van der Waals surface area contributed by atoms with Crippen LogP contribution in [0.5, 0.6) is 0 Å². The molecule has 0 aliphatic carbocycles. The van der Waals surface area contributed by atoms with E-state index < -0.39 is 6.03 Å². The average Bonchev–Trinajstić information content (AvgIpc) is 2.68. The summed E-state index contributed by atoms with van der Waals surface area (Å²) in [6, 6.07) is 5.79. The molecule has 0 heterocycles. The van der Waals surface area contributed by atoms with Crippen LogP contribution in [-0.4, -0.2) is 49.0 Å². The second-order valence-corrected chi connectivity index (χ2v) is 6.58. The Morgan fingerprint density at radius 2 is 1.82 bits per heavy atom. The number of carbonyl (C=O) groups is 3. The number of benzene rings is 1. The molecule has 0 aliphatic heterocycles. The Morgan fingerprint density at radius 1 is 1.21 bits per heavy atom. The normalized spacial score (nSPS) is 12.4. The predicted molar refractivity (Wildman–Crippen MR) is 110 cm³/mol. The van der Waals surface area contributed by atoms with E-state index in [1.807, 2.05) is 13.8 Å². The van der Waals surface area contributed by atoms with Gasteiger partial charge in [0.1, 0.15) is 6.29 Å². The number of nitrogens with one attached hydrogen (secondary N) is 3. The first kappa shape index (κ1) is 25.5. The van der Waals surface area contributed by atoms with Crippen molar-refractivity contribution >= 4 is 23.9 Å². The molecule has 0 aromatic heterocycles. The molecule has 3 amide bonds. The molecule has 0 saturated carbocycles. The number of nitrogens with two attached hydrogens (primary N) is 2. The van der Waals surface area contributed by atoms with Gasteiger partial charge >= 0.3 is 6.03 Å². The Balaban J connectivity index is 0.000000887. The molecule has 0 spiro atoms. The molecule has 0 aliphatic rings. The lowest BCUT2D eigenvalue weighted by Crippen LogP contribution is -2.39. The first-order valence-corrected chi connectivity index (χ1v) is 9.17. The smallest absolute Gasteiger partial charge is 0.312 e. The van der Waals surface area contributed by atoms with E-state index in [1.54, 1.807) is 31.3 Å². The highest BCUT2D eigenvalue weighted by Crippen LogP contribution is 2.10. The molecule has 0 bridgehead atoms. The van der Waals surface area contributed by atoms with E-state index in [0.717, 1.165) is 11.8 Å². The number of aliphatic hydroxyl groups is 1. The third-order valence-corrected chi connectivity index (χ3v) is 3.96. The van der Waals surface area contributed by atoms with Crippen molar-refractivity contribution in [2.75, 3.05) is 18.9 Å². The standard InChI is InChI=1S/C14H22N4O3.C5H11NO/c1-16-12(3-2-8-17-14(15)21)13(20)18-11-6-4-10(9-19)5-7-11;1-4(2)5(6)3-7/h4-7,12,16,19H,2-3,8-9H2,1H3,(H,18,20)(H3,15,17,21);3-5H,6H2,1-2H3. The lowest BCUT2D eigenvalue weighted by atomic mass is 10.1. The Labute approximate surface area is 166 Å². The highest BCUT2D eigenvalue weighted by molar-refractivity contribution is 5.94. The molecule has 8 N–H and O–H groups in total. The van der Waals surface area contributed by atoms with Gasteiger partial charge in [0.05, 0.1) is 18.7 Å². The largest absolute Gasteiger partial charge is 0.392 e. The maximum atomic E-state index is 12.1. The van der Waals surface area contributed by atoms with E-state index in [-0.39, 0.29) is 30.5 Å². The topological polar surface area (TPSA) is 160 Å². The van der Waals surface area contributed by atoms with Crippen LogP contribution in [0.15, 0.2) is 24.3 Å². The Hall–Kier alpha value is -2.49. The SMILES string of the molecule is CC(C)C(N)C=O.CNC(CCCNC(N)=O)C(=O)Nc1ccc(CO)cc1. The molecule has 1 aromatic rings. The molecular formula is C19H33N5O4. The van der Waals surface area contributed by atoms with E-state index >= 15 is 0 Å². The zero-order valence-electron chi connectivity index (χ0n) is 16.8. The third kappa shape index (κ3) is 11.3. The summed E-state index contributed by atoms with van der Waals surface area (Å²) in [5.41, 5.74) is 11.7. The third-order valence-electron chi connectivity index (χ3n) is 3.96. The second-order valence-electron chi connectivity index (χ2n) is 6.58. The molecule has 28 heavy (non-hydrogen) atoms. The van der Waals surface area contributed by atoms with Crippen molar-refractivity contribution in [1.82, 2.24) is 10.6 Å². The number of hydrogen-bond acceptors (Lipinski definition) is 6. The number of urea groups is 1. The van der Waals surface area contributed by atoms with Crippen LogP contribution < -0.4 is 27.4 Å². The number of likely N-dealkylation sites (N-methyl/N-ethyl adjacent to an activating group) is 1. The molecule has 1 aromatic carbocycles. The molecule has 2 unspecified atom stereocenters. The lowest BCUT2D eigenvalue weighted by Gasteiger charge is -2.16. The Kier molecular flexibility index (Phi) is 13.3. The molecule has 1 rings (SSSR count). The fourth-order valence-corrected chi connectivity index (χ4v) is 2.00. The van der Waals surface area contributed by atoms with Crippen molar-refractivity contribution in [3.8, 4) is 0 Å². The first-order chi connectivity index (χ1) is 13.2. The van der Waals surface area contributed by atoms with Crippen molar-refractivity contribution < 1.29 is 19.5 Å². The molecular weight excluding hydrogens is 362 g/mol. The Morgan fingerprint density at radius 3 is 2.21 bits per heavy atom. The molecule has 2 atom stereocenters. The summed E-state index contributed by atoms with van der Waals surface area (Å²) >= 11 is 0. The van der Waals surface area contributed by atoms with E-state index in [4.69, 9.17) is 16.6 Å². The fraction of sp³-hybridized carbons (Fsp3) is 0.526. The highest BCUT2D eigenvalue weighted by Gasteiger charge is 2.16. The van der Waals surface area contributed by atoms with Gasteiger partial charge in [0, 0.05) is 12.2 Å². The van der Waals surface area contributed by atoms with Crippen LogP contribution in [0, 0.1) is 5.92 Å². The summed E-state index contributed by atoms with van der Waals surface area (Å²) in [6.07, 6.45) is 1.99. The fourth-order valence-electron chi connectivity index (χ4n) is 2.00. The molecule has 0 radical (unpaired) electrons. The van der Waals surface area contributed by atoms with Crippen LogP contribution in [0.3, 0.4) is 0 Å². The number of amides is 3. The van der Waals surface area contributed by atoms with E-state index in [0.29, 0.717) is 25.1 Å². The number of carbonyl (C=O) groups excluding carboxylic acids is 3. The minimum absolute atomic E-state index is 0.0275. The van der Waals surface area contributed by atoms with E-state index in [1.165, 1.54) is 0 Å². The number of hydrogen-bond donors (Lipinski definition) is 6. The lowest BCUT2D eigenvalue weighted by molar-refractivity contribution is -0.118. The summed E-state index contributed by atoms with van der Waals surface area (Å²) in [7, 11) is 1.71. The van der Waals surface area contributed by atoms with Crippen molar-refractivity contribution in [3.05, 3.63) is 29.8 Å². The van der Waals surface area contributed by atoms with Crippen LogP contribution in [0.4, 0.5) is 10.5 Å². The van der Waals surface area contributed by atoms with Crippen LogP contribution in [0.25, 0.3) is 0 Å². The van der Waals surface area contributed by atoms with Crippen molar-refractivity contribution in [2.45, 2.75) is 45.4 Å². The minimum atomic E-state index is -0.565. The predicted octanol–water partition coefficient (Wildman–Crippen LogP) is 0.323. The van der Waals surface area contributed by atoms with Crippen molar-refractivity contribution in [3.63, 3.8) is 0 Å². The van der Waals surface area contributed by atoms with E-state index in [9.17, 15) is 14.4 Å². The van der Waals surface area contributed by atoms with Gasteiger partial charge in [-0.2, -0.15) is 0 Å². The van der Waals surface area contributed by atoms with Crippen LogP contribution >= 0.6 is 0 Å². The number of aldehydes is 1. The molecule has 158 valence electrons. The number of rotatable bonds is 10. The number of aliphatic hydroxyl groups excluding tert-OH is 1. The monoisotopic (exact) mass is 395 g/mol. The van der Waals surface area contributed by atoms with Gasteiger partial charge in [-0.3, -0.25) is 4.79 Å². The summed E-state index contributed by atoms with van der Waals surface area (Å²) < 4.78 is 0. The summed E-state index contributed by atoms with van der Waals surface area (Å²) in [5.74, 6) is 0.130. The van der Waals surface area contributed by atoms with Gasteiger partial charge in [-0.25, -0.2) is 4.79 Å². The second kappa shape index (κ2) is 14.6. The summed E-state index contributed by atoms with van der Waals surface area (Å²) in [4.78, 5) is 32.5. The Bertz CT molecular complexity index is 592. The van der Waals surface area contributed by atoms with Crippen molar-refractivity contribution in [2.24, 2.45) is 17.4 Å². The van der Waals surface area contributed by atoms with Crippen LogP contribution in [0.2, 0.25) is 0 Å². The highest BCUT2D eigenvalue weighted by atomic mass is 16.3. The van der Waals surface area contributed by atoms with Gasteiger partial charge in [0.15, 0.2) is 0 Å². The molecule has 9 heteroatoms. The average molecular weight is 396 g/mol. The zero-order chi connectivity index (χ0) is 21.5. The van der Waals surface area contributed by atoms with Gasteiger partial charge in [-0.1, -0.05) is 26.0 Å². The molecule has 9 nitrogen and oxygen atoms in total. The quantitative estimate of drug-likeness (QED) is 0.247. The molecule has 0 fully saturated rings. The summed E-state index contributed by atoms with van der Waals surface area (Å²) in [5, 5.41) is 17.2. The van der Waals surface area contributed by atoms with Gasteiger partial charge in [-0.15, -0.1) is 0 Å². The zero-order valence-corrected chi connectivity index (χ0v) is 16.8. The van der Waals surface area contributed by atoms with Gasteiger partial charge in [-0.05, 0) is 43.5 Å². The molecule has 0 saturated heterocycles. The number of anilines is 1. The van der Waals surface area contributed by atoms with Gasteiger partial charge in [0.25, 0.3) is 0 Å². The van der Waals surface area contributed by atoms with Gasteiger partial charge < -0.3 is 37.3 Å². The van der Waals surface area contributed by atoms with Crippen molar-refractivity contribution in [1.29, 1.82) is 0 Å². The van der Waals surface area contributed by atoms with Gasteiger partial charge in [0.2, 0.25) is 5.91 Å². The van der Waals surface area contributed by atoms with E-state index in [2.05, 4.69) is 16.0 Å². The van der Waals surface area contributed by atoms with Crippen LogP contribution in [0.1, 0.15) is 32.3 Å². The number of primary amides is 1. The minimum Gasteiger partial charge on any atom is -0.392 e. The first-order valence-electron chi connectivity index (χ1n) is 9.17. The maximum Gasteiger partial charge on any atom is 0.312 e. The maximum absolute atomic E-state index is 12.1.